The van der Waals surface area contributed by atoms with Crippen molar-refractivity contribution in [1.82, 2.24) is 4.98 Å². The SMILES string of the molecule is C=C1C(=O)[C@@](O)(c2ncc(Cl)cc2OCc2ccc(Br)cc2)C[C@@H]1c1ccccc1. The second-order valence-corrected chi connectivity index (χ2v) is 8.65. The Bertz CT molecular complexity index is 1100. The van der Waals surface area contributed by atoms with Crippen molar-refractivity contribution in [3.63, 3.8) is 0 Å². The van der Waals surface area contributed by atoms with Gasteiger partial charge in [-0.05, 0) is 28.8 Å². The number of carbonyl (C=O) groups is 1. The number of aromatic nitrogens is 1. The van der Waals surface area contributed by atoms with Gasteiger partial charge in [-0.1, -0.05) is 76.6 Å². The highest BCUT2D eigenvalue weighted by Crippen LogP contribution is 2.48. The number of rotatable bonds is 5. The molecule has 30 heavy (non-hydrogen) atoms. The van der Waals surface area contributed by atoms with Crippen molar-refractivity contribution >= 4 is 33.3 Å². The van der Waals surface area contributed by atoms with E-state index in [4.69, 9.17) is 16.3 Å². The van der Waals surface area contributed by atoms with E-state index in [2.05, 4.69) is 27.5 Å². The van der Waals surface area contributed by atoms with Gasteiger partial charge in [-0.15, -0.1) is 0 Å². The maximum atomic E-state index is 13.1. The zero-order chi connectivity index (χ0) is 21.3. The predicted octanol–water partition coefficient (Wildman–Crippen LogP) is 5.58. The van der Waals surface area contributed by atoms with Crippen molar-refractivity contribution in [3.05, 3.63) is 105 Å². The molecule has 0 aliphatic heterocycles. The van der Waals surface area contributed by atoms with Gasteiger partial charge in [0.05, 0.1) is 5.02 Å². The Kier molecular flexibility index (Phi) is 5.78. The van der Waals surface area contributed by atoms with Gasteiger partial charge in [0, 0.05) is 29.1 Å². The largest absolute Gasteiger partial charge is 0.487 e. The zero-order valence-electron chi connectivity index (χ0n) is 16.0. The van der Waals surface area contributed by atoms with Crippen LogP contribution in [0.25, 0.3) is 0 Å². The molecule has 1 aromatic heterocycles. The Labute approximate surface area is 188 Å². The molecule has 1 aliphatic rings. The predicted molar refractivity (Wildman–Crippen MR) is 120 cm³/mol. The molecule has 0 spiro atoms. The molecule has 0 amide bonds. The average Bonchev–Trinajstić information content (AvgIpc) is 2.99. The van der Waals surface area contributed by atoms with Crippen LogP contribution in [0.3, 0.4) is 0 Å². The first-order chi connectivity index (χ1) is 14.4. The van der Waals surface area contributed by atoms with Crippen molar-refractivity contribution in [2.24, 2.45) is 0 Å². The molecule has 4 rings (SSSR count). The van der Waals surface area contributed by atoms with Gasteiger partial charge >= 0.3 is 0 Å². The summed E-state index contributed by atoms with van der Waals surface area (Å²) in [5.74, 6) is -0.456. The first-order valence-corrected chi connectivity index (χ1v) is 10.6. The summed E-state index contributed by atoms with van der Waals surface area (Å²) >= 11 is 9.53. The highest BCUT2D eigenvalue weighted by Gasteiger charge is 2.52. The van der Waals surface area contributed by atoms with Crippen molar-refractivity contribution in [3.8, 4) is 5.75 Å². The lowest BCUT2D eigenvalue weighted by Crippen LogP contribution is -2.32. The first kappa shape index (κ1) is 20.8. The molecule has 0 radical (unpaired) electrons. The third kappa shape index (κ3) is 3.93. The van der Waals surface area contributed by atoms with Crippen molar-refractivity contribution in [1.29, 1.82) is 0 Å². The van der Waals surface area contributed by atoms with E-state index in [1.807, 2.05) is 54.6 Å². The molecule has 4 nitrogen and oxygen atoms in total. The summed E-state index contributed by atoms with van der Waals surface area (Å²) in [6.45, 7) is 4.20. The topological polar surface area (TPSA) is 59.4 Å². The monoisotopic (exact) mass is 483 g/mol. The number of ketones is 1. The highest BCUT2D eigenvalue weighted by molar-refractivity contribution is 9.10. The summed E-state index contributed by atoms with van der Waals surface area (Å²) in [6.07, 6.45) is 1.56. The van der Waals surface area contributed by atoms with Crippen LogP contribution in [0.1, 0.15) is 29.2 Å². The van der Waals surface area contributed by atoms with Gasteiger partial charge in [-0.2, -0.15) is 0 Å². The van der Waals surface area contributed by atoms with Gasteiger partial charge in [-0.25, -0.2) is 0 Å². The number of benzene rings is 2. The summed E-state index contributed by atoms with van der Waals surface area (Å²) in [4.78, 5) is 17.4. The summed E-state index contributed by atoms with van der Waals surface area (Å²) in [7, 11) is 0. The molecule has 1 N–H and O–H groups in total. The van der Waals surface area contributed by atoms with Crippen molar-refractivity contribution < 1.29 is 14.6 Å². The molecule has 152 valence electrons. The van der Waals surface area contributed by atoms with E-state index >= 15 is 0 Å². The fourth-order valence-electron chi connectivity index (χ4n) is 3.73. The second-order valence-electron chi connectivity index (χ2n) is 7.30. The zero-order valence-corrected chi connectivity index (χ0v) is 18.4. The smallest absolute Gasteiger partial charge is 0.196 e. The Morgan fingerprint density at radius 1 is 1.20 bits per heavy atom. The molecule has 1 heterocycles. The van der Waals surface area contributed by atoms with Gasteiger partial charge in [-0.3, -0.25) is 9.78 Å². The number of pyridine rings is 1. The van der Waals surface area contributed by atoms with Crippen LogP contribution in [0.4, 0.5) is 0 Å². The third-order valence-corrected chi connectivity index (χ3v) is 6.04. The molecular formula is C24H19BrClNO3. The maximum absolute atomic E-state index is 13.1. The summed E-state index contributed by atoms with van der Waals surface area (Å²) in [5.41, 5.74) is 0.559. The Balaban J connectivity index is 1.66. The normalized spacial score (nSPS) is 21.1. The van der Waals surface area contributed by atoms with E-state index in [9.17, 15) is 9.90 Å². The third-order valence-electron chi connectivity index (χ3n) is 5.31. The molecule has 0 bridgehead atoms. The highest BCUT2D eigenvalue weighted by atomic mass is 79.9. The van der Waals surface area contributed by atoms with Gasteiger partial charge in [0.1, 0.15) is 18.1 Å². The number of hydrogen-bond donors (Lipinski definition) is 1. The number of halogens is 2. The molecule has 0 saturated heterocycles. The van der Waals surface area contributed by atoms with Gasteiger partial charge in [0.25, 0.3) is 0 Å². The number of ether oxygens (including phenoxy) is 1. The summed E-state index contributed by atoms with van der Waals surface area (Å²) < 4.78 is 6.91. The standard InChI is InChI=1S/C24H19BrClNO3/c1-15-20(17-5-3-2-4-6-17)12-24(29,23(15)28)22-21(11-19(26)13-27-22)30-14-16-7-9-18(25)10-8-16/h2-11,13,20,29H,1,12,14H2/t20-,24-/m0/s1. The van der Waals surface area contributed by atoms with E-state index < -0.39 is 11.4 Å². The molecular weight excluding hydrogens is 466 g/mol. The fourth-order valence-corrected chi connectivity index (χ4v) is 4.14. The molecule has 2 aromatic carbocycles. The average molecular weight is 485 g/mol. The van der Waals surface area contributed by atoms with Crippen LogP contribution in [0, 0.1) is 0 Å². The molecule has 1 saturated carbocycles. The lowest BCUT2D eigenvalue weighted by Gasteiger charge is -2.23. The summed E-state index contributed by atoms with van der Waals surface area (Å²) in [6, 6.07) is 18.8. The molecule has 1 fully saturated rings. The van der Waals surface area contributed by atoms with E-state index in [0.717, 1.165) is 15.6 Å². The van der Waals surface area contributed by atoms with E-state index in [-0.39, 0.29) is 30.4 Å². The van der Waals surface area contributed by atoms with Crippen LogP contribution in [-0.4, -0.2) is 15.9 Å². The lowest BCUT2D eigenvalue weighted by atomic mass is 9.91. The van der Waals surface area contributed by atoms with Crippen LogP contribution < -0.4 is 4.74 Å². The first-order valence-electron chi connectivity index (χ1n) is 9.42. The number of nitrogens with zero attached hydrogens (tertiary/aromatic N) is 1. The molecule has 6 heteroatoms. The molecule has 1 aliphatic carbocycles. The van der Waals surface area contributed by atoms with Crippen molar-refractivity contribution in [2.45, 2.75) is 24.5 Å². The van der Waals surface area contributed by atoms with Crippen LogP contribution in [0.5, 0.6) is 5.75 Å². The minimum Gasteiger partial charge on any atom is -0.487 e. The van der Waals surface area contributed by atoms with E-state index in [1.165, 1.54) is 6.20 Å². The molecule has 2 atom stereocenters. The fraction of sp³-hybridized carbons (Fsp3) is 0.167. The van der Waals surface area contributed by atoms with Crippen LogP contribution in [0.15, 0.2) is 83.5 Å². The van der Waals surface area contributed by atoms with Crippen LogP contribution in [-0.2, 0) is 17.0 Å². The van der Waals surface area contributed by atoms with Gasteiger partial charge in [0.2, 0.25) is 0 Å². The Morgan fingerprint density at radius 3 is 2.60 bits per heavy atom. The summed E-state index contributed by atoms with van der Waals surface area (Å²) in [5, 5.41) is 11.8. The van der Waals surface area contributed by atoms with E-state index in [0.29, 0.717) is 10.6 Å². The maximum Gasteiger partial charge on any atom is 0.196 e. The van der Waals surface area contributed by atoms with E-state index in [1.54, 1.807) is 6.07 Å². The van der Waals surface area contributed by atoms with Crippen molar-refractivity contribution in [2.75, 3.05) is 0 Å². The number of hydrogen-bond acceptors (Lipinski definition) is 4. The van der Waals surface area contributed by atoms with Crippen LogP contribution >= 0.6 is 27.5 Å². The Morgan fingerprint density at radius 2 is 1.90 bits per heavy atom. The minimum atomic E-state index is -1.82. The van der Waals surface area contributed by atoms with Gasteiger partial charge < -0.3 is 9.84 Å². The number of Topliss-reactive ketones (excluding diaryl/α,β-unsaturated/α-hetero) is 1. The van der Waals surface area contributed by atoms with Gasteiger partial charge in [0.15, 0.2) is 11.4 Å². The number of carbonyl (C=O) groups excluding carboxylic acids is 1. The Hall–Kier alpha value is -2.47. The number of aliphatic hydroxyl groups is 1. The minimum absolute atomic E-state index is 0.151. The quantitative estimate of drug-likeness (QED) is 0.481. The second kappa shape index (κ2) is 8.34. The molecule has 0 unspecified atom stereocenters. The van der Waals surface area contributed by atoms with Crippen LogP contribution in [0.2, 0.25) is 5.02 Å². The molecule has 3 aromatic rings. The lowest BCUT2D eigenvalue weighted by molar-refractivity contribution is -0.132.